The van der Waals surface area contributed by atoms with Crippen molar-refractivity contribution < 1.29 is 0 Å². The lowest BCUT2D eigenvalue weighted by Gasteiger charge is -2.22. The fourth-order valence-electron chi connectivity index (χ4n) is 1.80. The van der Waals surface area contributed by atoms with Crippen LogP contribution in [0.5, 0.6) is 0 Å². The molecule has 6 nitrogen and oxygen atoms in total. The number of anilines is 1. The third kappa shape index (κ3) is 2.59. The molecule has 0 saturated heterocycles. The Balaban J connectivity index is 2.09. The van der Waals surface area contributed by atoms with Crippen molar-refractivity contribution in [3.8, 4) is 0 Å². The summed E-state index contributed by atoms with van der Waals surface area (Å²) in [5.41, 5.74) is 6.83. The normalized spacial score (nSPS) is 13.2. The Morgan fingerprint density at radius 3 is 2.94 bits per heavy atom. The van der Waals surface area contributed by atoms with E-state index in [0.29, 0.717) is 5.92 Å². The first-order valence-corrected chi connectivity index (χ1v) is 6.20. The lowest BCUT2D eigenvalue weighted by molar-refractivity contribution is 0.466. The van der Waals surface area contributed by atoms with Crippen LogP contribution in [0.15, 0.2) is 18.7 Å². The molecule has 0 aliphatic heterocycles. The Morgan fingerprint density at radius 2 is 2.22 bits per heavy atom. The maximum absolute atomic E-state index is 6.06. The van der Waals surface area contributed by atoms with E-state index in [1.54, 1.807) is 12.5 Å². The van der Waals surface area contributed by atoms with Gasteiger partial charge in [-0.2, -0.15) is 0 Å². The summed E-state index contributed by atoms with van der Waals surface area (Å²) >= 11 is 0. The first-order chi connectivity index (χ1) is 8.59. The molecule has 2 N–H and O–H groups in total. The fourth-order valence-corrected chi connectivity index (χ4v) is 1.80. The fraction of sp³-hybridized carbons (Fsp3) is 0.583. The van der Waals surface area contributed by atoms with Gasteiger partial charge in [0.2, 0.25) is 5.65 Å². The third-order valence-corrected chi connectivity index (χ3v) is 3.21. The van der Waals surface area contributed by atoms with Gasteiger partial charge >= 0.3 is 0 Å². The minimum absolute atomic E-state index is 0.213. The molecule has 1 atom stereocenters. The van der Waals surface area contributed by atoms with Crippen molar-refractivity contribution >= 4 is 11.5 Å². The molecule has 18 heavy (non-hydrogen) atoms. The van der Waals surface area contributed by atoms with Crippen molar-refractivity contribution in [3.63, 3.8) is 0 Å². The number of hydrogen-bond acceptors (Lipinski definition) is 5. The van der Waals surface area contributed by atoms with Crippen molar-refractivity contribution in [1.82, 2.24) is 19.6 Å². The quantitative estimate of drug-likeness (QED) is 0.852. The van der Waals surface area contributed by atoms with E-state index in [4.69, 9.17) is 5.73 Å². The molecule has 0 aliphatic carbocycles. The average Bonchev–Trinajstić information content (AvgIpc) is 2.83. The zero-order valence-electron chi connectivity index (χ0n) is 11.1. The highest BCUT2D eigenvalue weighted by Gasteiger charge is 2.13. The molecule has 6 heteroatoms. The highest BCUT2D eigenvalue weighted by atomic mass is 15.3. The Morgan fingerprint density at radius 1 is 1.44 bits per heavy atom. The molecule has 2 heterocycles. The molecule has 2 aromatic rings. The summed E-state index contributed by atoms with van der Waals surface area (Å²) in [5.74, 6) is 1.33. The SMILES string of the molecule is CC(C)C(N)CCN(C)c1nccn2cnnc12. The van der Waals surface area contributed by atoms with Crippen LogP contribution in [0.1, 0.15) is 20.3 Å². The van der Waals surface area contributed by atoms with Crippen LogP contribution in [0.4, 0.5) is 5.82 Å². The summed E-state index contributed by atoms with van der Waals surface area (Å²) in [5, 5.41) is 7.97. The standard InChI is InChI=1S/C12H20N6/c1-9(2)10(13)4-6-17(3)11-12-16-15-8-18(12)7-5-14-11/h5,7-10H,4,6,13H2,1-3H3. The van der Waals surface area contributed by atoms with Crippen LogP contribution in [-0.4, -0.2) is 39.2 Å². The van der Waals surface area contributed by atoms with E-state index in [1.807, 2.05) is 17.6 Å². The Bertz CT molecular complexity index is 506. The first kappa shape index (κ1) is 12.8. The van der Waals surface area contributed by atoms with Crippen molar-refractivity contribution in [2.45, 2.75) is 26.3 Å². The molecule has 2 aromatic heterocycles. The maximum Gasteiger partial charge on any atom is 0.203 e. The number of nitrogens with two attached hydrogens (primary N) is 1. The van der Waals surface area contributed by atoms with Crippen molar-refractivity contribution in [1.29, 1.82) is 0 Å². The lowest BCUT2D eigenvalue weighted by Crippen LogP contribution is -2.32. The summed E-state index contributed by atoms with van der Waals surface area (Å²) in [6.07, 6.45) is 6.20. The van der Waals surface area contributed by atoms with Crippen LogP contribution < -0.4 is 10.6 Å². The zero-order valence-corrected chi connectivity index (χ0v) is 11.1. The Hall–Kier alpha value is -1.69. The van der Waals surface area contributed by atoms with Gasteiger partial charge in [-0.1, -0.05) is 13.8 Å². The van der Waals surface area contributed by atoms with Gasteiger partial charge in [-0.15, -0.1) is 10.2 Å². The Kier molecular flexibility index (Phi) is 3.76. The average molecular weight is 248 g/mol. The van der Waals surface area contributed by atoms with Crippen LogP contribution in [-0.2, 0) is 0 Å². The van der Waals surface area contributed by atoms with Gasteiger partial charge in [0.05, 0.1) is 0 Å². The number of nitrogens with zero attached hydrogens (tertiary/aromatic N) is 5. The molecule has 0 fully saturated rings. The highest BCUT2D eigenvalue weighted by molar-refractivity contribution is 5.62. The minimum Gasteiger partial charge on any atom is -0.356 e. The van der Waals surface area contributed by atoms with Crippen LogP contribution in [0, 0.1) is 5.92 Å². The molecule has 0 spiro atoms. The molecular weight excluding hydrogens is 228 g/mol. The molecule has 0 amide bonds. The van der Waals surface area contributed by atoms with E-state index in [2.05, 4.69) is 33.9 Å². The van der Waals surface area contributed by atoms with E-state index >= 15 is 0 Å². The number of rotatable bonds is 5. The molecule has 0 aromatic carbocycles. The molecule has 2 rings (SSSR count). The van der Waals surface area contributed by atoms with Gasteiger partial charge in [0.15, 0.2) is 5.82 Å². The van der Waals surface area contributed by atoms with E-state index in [1.165, 1.54) is 0 Å². The van der Waals surface area contributed by atoms with Crippen LogP contribution in [0.2, 0.25) is 0 Å². The summed E-state index contributed by atoms with van der Waals surface area (Å²) in [6, 6.07) is 0.213. The van der Waals surface area contributed by atoms with E-state index in [0.717, 1.165) is 24.4 Å². The molecule has 0 radical (unpaired) electrons. The van der Waals surface area contributed by atoms with Crippen molar-refractivity contribution in [2.24, 2.45) is 11.7 Å². The predicted molar refractivity (Wildman–Crippen MR) is 71.5 cm³/mol. The van der Waals surface area contributed by atoms with Crippen molar-refractivity contribution in [2.75, 3.05) is 18.5 Å². The predicted octanol–water partition coefficient (Wildman–Crippen LogP) is 0.934. The van der Waals surface area contributed by atoms with Crippen molar-refractivity contribution in [3.05, 3.63) is 18.7 Å². The monoisotopic (exact) mass is 248 g/mol. The van der Waals surface area contributed by atoms with Gasteiger partial charge in [0, 0.05) is 32.0 Å². The molecule has 98 valence electrons. The number of aromatic nitrogens is 4. The van der Waals surface area contributed by atoms with Crippen LogP contribution in [0.3, 0.4) is 0 Å². The number of fused-ring (bicyclic) bond motifs is 1. The lowest BCUT2D eigenvalue weighted by atomic mass is 10.0. The summed E-state index contributed by atoms with van der Waals surface area (Å²) in [6.45, 7) is 5.14. The summed E-state index contributed by atoms with van der Waals surface area (Å²) in [7, 11) is 2.00. The first-order valence-electron chi connectivity index (χ1n) is 6.20. The second-order valence-corrected chi connectivity index (χ2v) is 4.93. The van der Waals surface area contributed by atoms with Gasteiger partial charge in [-0.3, -0.25) is 4.40 Å². The molecule has 0 saturated carbocycles. The van der Waals surface area contributed by atoms with E-state index in [9.17, 15) is 0 Å². The third-order valence-electron chi connectivity index (χ3n) is 3.21. The van der Waals surface area contributed by atoms with Crippen LogP contribution in [0.25, 0.3) is 5.65 Å². The van der Waals surface area contributed by atoms with Gasteiger partial charge in [0.1, 0.15) is 6.33 Å². The molecular formula is C12H20N6. The van der Waals surface area contributed by atoms with Crippen LogP contribution >= 0.6 is 0 Å². The van der Waals surface area contributed by atoms with Gasteiger partial charge in [0.25, 0.3) is 0 Å². The van der Waals surface area contributed by atoms with E-state index < -0.39 is 0 Å². The van der Waals surface area contributed by atoms with Gasteiger partial charge in [-0.25, -0.2) is 4.98 Å². The second-order valence-electron chi connectivity index (χ2n) is 4.93. The molecule has 0 bridgehead atoms. The van der Waals surface area contributed by atoms with E-state index in [-0.39, 0.29) is 6.04 Å². The highest BCUT2D eigenvalue weighted by Crippen LogP contribution is 2.15. The smallest absolute Gasteiger partial charge is 0.203 e. The molecule has 0 aliphatic rings. The minimum atomic E-state index is 0.213. The zero-order chi connectivity index (χ0) is 13.1. The topological polar surface area (TPSA) is 72.3 Å². The van der Waals surface area contributed by atoms with Gasteiger partial charge in [-0.05, 0) is 12.3 Å². The maximum atomic E-state index is 6.06. The summed E-state index contributed by atoms with van der Waals surface area (Å²) in [4.78, 5) is 6.44. The second kappa shape index (κ2) is 5.30. The largest absolute Gasteiger partial charge is 0.356 e. The summed E-state index contributed by atoms with van der Waals surface area (Å²) < 4.78 is 1.86. The number of hydrogen-bond donors (Lipinski definition) is 1. The van der Waals surface area contributed by atoms with Gasteiger partial charge < -0.3 is 10.6 Å². The Labute approximate surface area is 107 Å². The molecule has 1 unspecified atom stereocenters.